The van der Waals surface area contributed by atoms with Crippen molar-refractivity contribution in [2.24, 2.45) is 0 Å². The van der Waals surface area contributed by atoms with Crippen LogP contribution in [0, 0.1) is 0 Å². The summed E-state index contributed by atoms with van der Waals surface area (Å²) in [6.45, 7) is 0. The Balaban J connectivity index is 2.29. The molecule has 0 aliphatic rings. The second-order valence-electron chi connectivity index (χ2n) is 3.79. The third kappa shape index (κ3) is 2.25. The first-order chi connectivity index (χ1) is 8.49. The average Bonchev–Trinajstić information content (AvgIpc) is 2.96. The molecule has 1 N–H and O–H groups in total. The molecule has 6 nitrogen and oxygen atoms in total. The average molecular weight is 265 g/mol. The summed E-state index contributed by atoms with van der Waals surface area (Å²) in [5.74, 6) is -1.16. The van der Waals surface area contributed by atoms with Gasteiger partial charge in [0.2, 0.25) is 0 Å². The standard InChI is InChI=1S/C11H11N3O3S/c1-13(2)10(15)7-5-6-14(12-7)9-4-3-8(18-9)11(16)17/h3-6H,1-2H3,(H,16,17). The number of amides is 1. The Morgan fingerprint density at radius 2 is 2.06 bits per heavy atom. The molecule has 0 unspecified atom stereocenters. The van der Waals surface area contributed by atoms with Crippen molar-refractivity contribution in [2.45, 2.75) is 0 Å². The van der Waals surface area contributed by atoms with Crippen molar-refractivity contribution in [3.05, 3.63) is 35.0 Å². The highest BCUT2D eigenvalue weighted by Crippen LogP contribution is 2.20. The van der Waals surface area contributed by atoms with Gasteiger partial charge in [0, 0.05) is 20.3 Å². The van der Waals surface area contributed by atoms with Crippen LogP contribution in [0.15, 0.2) is 24.4 Å². The molecular formula is C11H11N3O3S. The first-order valence-corrected chi connectivity index (χ1v) is 5.91. The summed E-state index contributed by atoms with van der Waals surface area (Å²) >= 11 is 1.10. The van der Waals surface area contributed by atoms with Gasteiger partial charge in [0.15, 0.2) is 5.69 Å². The number of hydrogen-bond donors (Lipinski definition) is 1. The Labute approximate surface area is 107 Å². The van der Waals surface area contributed by atoms with Gasteiger partial charge >= 0.3 is 5.97 Å². The third-order valence-corrected chi connectivity index (χ3v) is 3.31. The van der Waals surface area contributed by atoms with Crippen LogP contribution in [0.3, 0.4) is 0 Å². The highest BCUT2D eigenvalue weighted by atomic mass is 32.1. The molecule has 0 saturated heterocycles. The Morgan fingerprint density at radius 3 is 2.61 bits per heavy atom. The normalized spacial score (nSPS) is 10.3. The molecule has 2 rings (SSSR count). The number of thiophene rings is 1. The van der Waals surface area contributed by atoms with E-state index in [2.05, 4.69) is 5.10 Å². The monoisotopic (exact) mass is 265 g/mol. The molecule has 0 saturated carbocycles. The molecule has 0 spiro atoms. The van der Waals surface area contributed by atoms with Crippen LogP contribution in [-0.2, 0) is 0 Å². The van der Waals surface area contributed by atoms with Gasteiger partial charge in [-0.25, -0.2) is 9.48 Å². The van der Waals surface area contributed by atoms with Gasteiger partial charge < -0.3 is 10.0 Å². The van der Waals surface area contributed by atoms with E-state index in [-0.39, 0.29) is 10.8 Å². The lowest BCUT2D eigenvalue weighted by molar-refractivity contribution is 0.0701. The highest BCUT2D eigenvalue weighted by molar-refractivity contribution is 7.16. The zero-order chi connectivity index (χ0) is 13.3. The highest BCUT2D eigenvalue weighted by Gasteiger charge is 2.13. The number of carboxylic acid groups (broad SMARTS) is 1. The largest absolute Gasteiger partial charge is 0.477 e. The lowest BCUT2D eigenvalue weighted by Gasteiger charge is -2.06. The molecule has 0 fully saturated rings. The van der Waals surface area contributed by atoms with Crippen molar-refractivity contribution in [2.75, 3.05) is 14.1 Å². The Bertz CT molecular complexity index is 600. The van der Waals surface area contributed by atoms with Gasteiger partial charge in [-0.3, -0.25) is 4.79 Å². The number of hydrogen-bond acceptors (Lipinski definition) is 4. The van der Waals surface area contributed by atoms with Crippen LogP contribution in [0.1, 0.15) is 20.2 Å². The van der Waals surface area contributed by atoms with Gasteiger partial charge in [-0.2, -0.15) is 5.10 Å². The lowest BCUT2D eigenvalue weighted by Crippen LogP contribution is -2.22. The molecule has 0 bridgehead atoms. The molecule has 0 atom stereocenters. The van der Waals surface area contributed by atoms with Crippen molar-refractivity contribution >= 4 is 23.2 Å². The molecule has 2 aromatic rings. The fourth-order valence-electron chi connectivity index (χ4n) is 1.36. The zero-order valence-electron chi connectivity index (χ0n) is 9.82. The van der Waals surface area contributed by atoms with Crippen LogP contribution in [0.5, 0.6) is 0 Å². The summed E-state index contributed by atoms with van der Waals surface area (Å²) in [6.07, 6.45) is 1.63. The molecule has 0 aromatic carbocycles. The smallest absolute Gasteiger partial charge is 0.345 e. The van der Waals surface area contributed by atoms with Crippen molar-refractivity contribution in [3.8, 4) is 5.00 Å². The quantitative estimate of drug-likeness (QED) is 0.908. The SMILES string of the molecule is CN(C)C(=O)c1ccn(-c2ccc(C(=O)O)s2)n1. The summed E-state index contributed by atoms with van der Waals surface area (Å²) in [4.78, 5) is 24.1. The minimum absolute atomic E-state index is 0.191. The molecule has 18 heavy (non-hydrogen) atoms. The fraction of sp³-hybridized carbons (Fsp3) is 0.182. The van der Waals surface area contributed by atoms with E-state index in [1.807, 2.05) is 0 Å². The summed E-state index contributed by atoms with van der Waals surface area (Å²) < 4.78 is 1.49. The fourth-order valence-corrected chi connectivity index (χ4v) is 2.14. The number of aromatic carboxylic acids is 1. The molecule has 2 aromatic heterocycles. The Morgan fingerprint density at radius 1 is 1.33 bits per heavy atom. The van der Waals surface area contributed by atoms with E-state index in [1.54, 1.807) is 32.4 Å². The van der Waals surface area contributed by atoms with Crippen molar-refractivity contribution < 1.29 is 14.7 Å². The predicted molar refractivity (Wildman–Crippen MR) is 66.4 cm³/mol. The zero-order valence-corrected chi connectivity index (χ0v) is 10.6. The molecule has 0 aliphatic heterocycles. The molecule has 0 aliphatic carbocycles. The van der Waals surface area contributed by atoms with E-state index in [0.717, 1.165) is 11.3 Å². The topological polar surface area (TPSA) is 75.4 Å². The van der Waals surface area contributed by atoms with Crippen molar-refractivity contribution in [3.63, 3.8) is 0 Å². The molecular weight excluding hydrogens is 254 g/mol. The van der Waals surface area contributed by atoms with E-state index in [9.17, 15) is 9.59 Å². The van der Waals surface area contributed by atoms with E-state index >= 15 is 0 Å². The van der Waals surface area contributed by atoms with E-state index < -0.39 is 5.97 Å². The van der Waals surface area contributed by atoms with E-state index in [0.29, 0.717) is 10.7 Å². The van der Waals surface area contributed by atoms with Crippen molar-refractivity contribution in [1.29, 1.82) is 0 Å². The first-order valence-electron chi connectivity index (χ1n) is 5.10. The maximum atomic E-state index is 11.7. The van der Waals surface area contributed by atoms with Crippen LogP contribution < -0.4 is 0 Å². The minimum Gasteiger partial charge on any atom is -0.477 e. The maximum Gasteiger partial charge on any atom is 0.345 e. The van der Waals surface area contributed by atoms with Gasteiger partial charge in [-0.15, -0.1) is 11.3 Å². The summed E-state index contributed by atoms with van der Waals surface area (Å²) in [6, 6.07) is 4.77. The number of aromatic nitrogens is 2. The van der Waals surface area contributed by atoms with E-state index in [1.165, 1.54) is 15.6 Å². The molecule has 2 heterocycles. The molecule has 1 amide bonds. The second-order valence-corrected chi connectivity index (χ2v) is 4.85. The van der Waals surface area contributed by atoms with Gasteiger partial charge in [-0.05, 0) is 18.2 Å². The summed E-state index contributed by atoms with van der Waals surface area (Å²) in [5, 5.41) is 13.6. The molecule has 0 radical (unpaired) electrons. The summed E-state index contributed by atoms with van der Waals surface area (Å²) in [5.41, 5.74) is 0.324. The van der Waals surface area contributed by atoms with Crippen LogP contribution in [0.25, 0.3) is 5.00 Å². The first kappa shape index (κ1) is 12.3. The number of carbonyl (C=O) groups excluding carboxylic acids is 1. The van der Waals surface area contributed by atoms with Crippen LogP contribution in [-0.4, -0.2) is 45.8 Å². The lowest BCUT2D eigenvalue weighted by atomic mass is 10.4. The number of carboxylic acids is 1. The Hall–Kier alpha value is -2.15. The second kappa shape index (κ2) is 4.61. The number of nitrogens with zero attached hydrogens (tertiary/aromatic N) is 3. The predicted octanol–water partition coefficient (Wildman–Crippen LogP) is 1.33. The van der Waals surface area contributed by atoms with Crippen molar-refractivity contribution in [1.82, 2.24) is 14.7 Å². The molecule has 7 heteroatoms. The summed E-state index contributed by atoms with van der Waals surface area (Å²) in [7, 11) is 3.30. The molecule has 94 valence electrons. The third-order valence-electron chi connectivity index (χ3n) is 2.24. The number of rotatable bonds is 3. The van der Waals surface area contributed by atoms with Gasteiger partial charge in [0.25, 0.3) is 5.91 Å². The van der Waals surface area contributed by atoms with Gasteiger partial charge in [0.05, 0.1) is 0 Å². The van der Waals surface area contributed by atoms with Crippen LogP contribution >= 0.6 is 11.3 Å². The van der Waals surface area contributed by atoms with Crippen LogP contribution in [0.2, 0.25) is 0 Å². The van der Waals surface area contributed by atoms with Gasteiger partial charge in [0.1, 0.15) is 9.88 Å². The van der Waals surface area contributed by atoms with Gasteiger partial charge in [-0.1, -0.05) is 0 Å². The maximum absolute atomic E-state index is 11.7. The van der Waals surface area contributed by atoms with Crippen LogP contribution in [0.4, 0.5) is 0 Å². The number of carbonyl (C=O) groups is 2. The minimum atomic E-state index is -0.969. The Kier molecular flexibility index (Phi) is 3.15. The van der Waals surface area contributed by atoms with E-state index in [4.69, 9.17) is 5.11 Å².